The van der Waals surface area contributed by atoms with Gasteiger partial charge in [0.1, 0.15) is 0 Å². The number of hydrogen-bond donors (Lipinski definition) is 2. The van der Waals surface area contributed by atoms with Gasteiger partial charge in [-0.1, -0.05) is 0 Å². The van der Waals surface area contributed by atoms with Crippen LogP contribution in [-0.2, 0) is 19.1 Å². The van der Waals surface area contributed by atoms with Crippen molar-refractivity contribution in [1.29, 1.82) is 0 Å². The molecule has 0 heterocycles. The molecule has 0 aromatic carbocycles. The normalized spacial score (nSPS) is 29.3. The molecule has 2 N–H and O–H groups in total. The minimum Gasteiger partial charge on any atom is -0.466 e. The molecule has 2 fully saturated rings. The van der Waals surface area contributed by atoms with Crippen LogP contribution in [0.25, 0.3) is 0 Å². The molecular formula is C16H28O6. The number of rotatable bonds is 6. The van der Waals surface area contributed by atoms with Crippen molar-refractivity contribution < 1.29 is 29.3 Å². The highest BCUT2D eigenvalue weighted by Gasteiger charge is 2.31. The predicted molar refractivity (Wildman–Crippen MR) is 79.9 cm³/mol. The zero-order valence-electron chi connectivity index (χ0n) is 13.5. The average Bonchev–Trinajstić information content (AvgIpc) is 2.37. The fraction of sp³-hybridized carbons (Fsp3) is 0.875. The van der Waals surface area contributed by atoms with Crippen molar-refractivity contribution in [2.24, 2.45) is 23.7 Å². The average molecular weight is 316 g/mol. The van der Waals surface area contributed by atoms with Gasteiger partial charge in [0.05, 0.1) is 13.2 Å². The molecule has 2 rings (SSSR count). The van der Waals surface area contributed by atoms with Crippen LogP contribution in [0.4, 0.5) is 0 Å². The summed E-state index contributed by atoms with van der Waals surface area (Å²) < 4.78 is 9.66. The van der Waals surface area contributed by atoms with Crippen molar-refractivity contribution >= 4 is 11.9 Å². The van der Waals surface area contributed by atoms with Crippen LogP contribution in [0.1, 0.15) is 39.5 Å². The van der Waals surface area contributed by atoms with Crippen molar-refractivity contribution in [2.45, 2.75) is 39.5 Å². The summed E-state index contributed by atoms with van der Waals surface area (Å²) in [6.07, 6.45) is 4.31. The minimum absolute atomic E-state index is 0.228. The fourth-order valence-corrected chi connectivity index (χ4v) is 2.64. The maximum atomic E-state index is 10.4. The Balaban J connectivity index is 0.000000220. The Bertz CT molecular complexity index is 319. The molecule has 0 unspecified atom stereocenters. The van der Waals surface area contributed by atoms with Gasteiger partial charge in [0.2, 0.25) is 0 Å². The van der Waals surface area contributed by atoms with Gasteiger partial charge in [-0.2, -0.15) is 0 Å². The topological polar surface area (TPSA) is 93.1 Å². The van der Waals surface area contributed by atoms with Crippen molar-refractivity contribution in [1.82, 2.24) is 0 Å². The Morgan fingerprint density at radius 2 is 1.09 bits per heavy atom. The van der Waals surface area contributed by atoms with E-state index in [9.17, 15) is 9.59 Å². The van der Waals surface area contributed by atoms with E-state index >= 15 is 0 Å². The van der Waals surface area contributed by atoms with Gasteiger partial charge in [0.25, 0.3) is 0 Å². The fourth-order valence-electron chi connectivity index (χ4n) is 2.64. The maximum Gasteiger partial charge on any atom is 0.302 e. The molecule has 0 saturated heterocycles. The second kappa shape index (κ2) is 9.79. The molecule has 128 valence electrons. The molecule has 2 aliphatic carbocycles. The smallest absolute Gasteiger partial charge is 0.302 e. The molecule has 6 nitrogen and oxygen atoms in total. The van der Waals surface area contributed by atoms with Crippen LogP contribution in [0.2, 0.25) is 0 Å². The van der Waals surface area contributed by atoms with Crippen LogP contribution < -0.4 is 0 Å². The highest BCUT2D eigenvalue weighted by Crippen LogP contribution is 2.34. The van der Waals surface area contributed by atoms with Gasteiger partial charge in [0.15, 0.2) is 0 Å². The third-order valence-electron chi connectivity index (χ3n) is 4.62. The molecule has 6 heteroatoms. The summed E-state index contributed by atoms with van der Waals surface area (Å²) in [7, 11) is 0. The van der Waals surface area contributed by atoms with E-state index in [1.165, 1.54) is 13.8 Å². The SMILES string of the molecule is CC(=O)OC[C@@H]1CC[C@H]1CO.CC(=O)OC[C@H]1CC[C@@H]1CO. The standard InChI is InChI=1S/2C8H14O3/c2*1-6(10)11-5-8-3-2-7(8)4-9/h2*7-9H,2-5H2,1H3/t2*7-,8-/m10/s1. The number of carbonyl (C=O) groups is 2. The lowest BCUT2D eigenvalue weighted by atomic mass is 9.75. The van der Waals surface area contributed by atoms with Gasteiger partial charge in [-0.05, 0) is 49.4 Å². The van der Waals surface area contributed by atoms with Gasteiger partial charge in [-0.15, -0.1) is 0 Å². The number of ether oxygens (including phenoxy) is 2. The van der Waals surface area contributed by atoms with E-state index in [4.69, 9.17) is 19.7 Å². The van der Waals surface area contributed by atoms with Crippen molar-refractivity contribution in [2.75, 3.05) is 26.4 Å². The van der Waals surface area contributed by atoms with Gasteiger partial charge >= 0.3 is 11.9 Å². The minimum atomic E-state index is -0.228. The zero-order chi connectivity index (χ0) is 16.5. The maximum absolute atomic E-state index is 10.4. The van der Waals surface area contributed by atoms with Gasteiger partial charge < -0.3 is 19.7 Å². The molecule has 4 atom stereocenters. The molecule has 0 aromatic heterocycles. The summed E-state index contributed by atoms with van der Waals surface area (Å²) in [5.41, 5.74) is 0. The summed E-state index contributed by atoms with van der Waals surface area (Å²) in [6.45, 7) is 4.25. The first-order valence-corrected chi connectivity index (χ1v) is 7.96. The van der Waals surface area contributed by atoms with Crippen molar-refractivity contribution in [3.05, 3.63) is 0 Å². The van der Waals surface area contributed by atoms with Crippen LogP contribution >= 0.6 is 0 Å². The van der Waals surface area contributed by atoms with E-state index in [1.54, 1.807) is 0 Å². The van der Waals surface area contributed by atoms with E-state index < -0.39 is 0 Å². The lowest BCUT2D eigenvalue weighted by molar-refractivity contribution is -0.145. The zero-order valence-corrected chi connectivity index (χ0v) is 13.5. The lowest BCUT2D eigenvalue weighted by Crippen LogP contribution is -2.32. The number of hydrogen-bond acceptors (Lipinski definition) is 6. The third kappa shape index (κ3) is 6.32. The highest BCUT2D eigenvalue weighted by molar-refractivity contribution is 5.66. The monoisotopic (exact) mass is 316 g/mol. The molecular weight excluding hydrogens is 288 g/mol. The van der Waals surface area contributed by atoms with E-state index in [0.29, 0.717) is 36.9 Å². The molecule has 0 radical (unpaired) electrons. The second-order valence-corrected chi connectivity index (χ2v) is 6.17. The second-order valence-electron chi connectivity index (χ2n) is 6.17. The van der Waals surface area contributed by atoms with E-state index in [-0.39, 0.29) is 25.2 Å². The molecule has 22 heavy (non-hydrogen) atoms. The van der Waals surface area contributed by atoms with Crippen LogP contribution in [0.5, 0.6) is 0 Å². The predicted octanol–water partition coefficient (Wildman–Crippen LogP) is 1.14. The Kier molecular flexibility index (Phi) is 8.42. The molecule has 2 aliphatic rings. The summed E-state index contributed by atoms with van der Waals surface area (Å²) in [5, 5.41) is 17.6. The number of carbonyl (C=O) groups excluding carboxylic acids is 2. The molecule has 0 amide bonds. The van der Waals surface area contributed by atoms with Crippen LogP contribution in [0, 0.1) is 23.7 Å². The quantitative estimate of drug-likeness (QED) is 0.714. The Morgan fingerprint density at radius 3 is 1.27 bits per heavy atom. The van der Waals surface area contributed by atoms with Crippen LogP contribution in [-0.4, -0.2) is 48.6 Å². The first-order valence-electron chi connectivity index (χ1n) is 7.96. The van der Waals surface area contributed by atoms with E-state index in [1.807, 2.05) is 0 Å². The lowest BCUT2D eigenvalue weighted by Gasteiger charge is -2.34. The summed E-state index contributed by atoms with van der Waals surface area (Å²) in [6, 6.07) is 0. The molecule has 0 spiro atoms. The summed E-state index contributed by atoms with van der Waals surface area (Å²) >= 11 is 0. The Morgan fingerprint density at radius 1 is 0.773 bits per heavy atom. The molecule has 0 bridgehead atoms. The molecule has 0 aliphatic heterocycles. The number of aliphatic hydroxyl groups excluding tert-OH is 2. The number of aliphatic hydroxyl groups is 2. The summed E-state index contributed by atoms with van der Waals surface area (Å²) in [5.74, 6) is 1.10. The van der Waals surface area contributed by atoms with Crippen LogP contribution in [0.3, 0.4) is 0 Å². The van der Waals surface area contributed by atoms with Crippen molar-refractivity contribution in [3.8, 4) is 0 Å². The van der Waals surface area contributed by atoms with Gasteiger partial charge in [-0.25, -0.2) is 0 Å². The molecule has 2 saturated carbocycles. The first kappa shape index (κ1) is 18.9. The highest BCUT2D eigenvalue weighted by atomic mass is 16.5. The van der Waals surface area contributed by atoms with E-state index in [2.05, 4.69) is 0 Å². The van der Waals surface area contributed by atoms with Gasteiger partial charge in [-0.3, -0.25) is 9.59 Å². The van der Waals surface area contributed by atoms with Crippen LogP contribution in [0.15, 0.2) is 0 Å². The first-order chi connectivity index (χ1) is 10.5. The largest absolute Gasteiger partial charge is 0.466 e. The van der Waals surface area contributed by atoms with E-state index in [0.717, 1.165) is 25.7 Å². The third-order valence-corrected chi connectivity index (χ3v) is 4.62. The van der Waals surface area contributed by atoms with Crippen molar-refractivity contribution in [3.63, 3.8) is 0 Å². The summed E-state index contributed by atoms with van der Waals surface area (Å²) in [4.78, 5) is 20.8. The Labute approximate surface area is 131 Å². The number of esters is 2. The van der Waals surface area contributed by atoms with Gasteiger partial charge in [0, 0.05) is 27.1 Å². The molecule has 0 aromatic rings. The Hall–Kier alpha value is -1.14.